The lowest BCUT2D eigenvalue weighted by atomic mass is 10.2. The van der Waals surface area contributed by atoms with E-state index in [4.69, 9.17) is 0 Å². The van der Waals surface area contributed by atoms with Gasteiger partial charge in [0.05, 0.1) is 12.1 Å². The summed E-state index contributed by atoms with van der Waals surface area (Å²) in [6.07, 6.45) is 9.33. The molecule has 0 radical (unpaired) electrons. The molecule has 0 atom stereocenters. The lowest BCUT2D eigenvalue weighted by molar-refractivity contribution is 0.0947. The second kappa shape index (κ2) is 7.10. The van der Waals surface area contributed by atoms with E-state index < -0.39 is 0 Å². The second-order valence-electron chi connectivity index (χ2n) is 5.72. The van der Waals surface area contributed by atoms with Crippen LogP contribution in [0.5, 0.6) is 0 Å². The molecule has 1 amide bonds. The van der Waals surface area contributed by atoms with E-state index in [2.05, 4.69) is 25.3 Å². The maximum Gasteiger partial charge on any atom is 0.272 e. The molecule has 0 fully saturated rings. The van der Waals surface area contributed by atoms with E-state index in [1.807, 2.05) is 40.9 Å². The van der Waals surface area contributed by atoms with Crippen LogP contribution in [0.1, 0.15) is 27.7 Å². The molecule has 1 N–H and O–H groups in total. The Balaban J connectivity index is 1.61. The highest BCUT2D eigenvalue weighted by Gasteiger charge is 2.17. The van der Waals surface area contributed by atoms with Crippen LogP contribution in [0, 0.1) is 0 Å². The quantitative estimate of drug-likeness (QED) is 0.599. The monoisotopic (exact) mass is 344 g/mol. The van der Waals surface area contributed by atoms with Crippen molar-refractivity contribution in [2.45, 2.75) is 13.0 Å². The standard InChI is InChI=1S/C19H16N6O/c26-19(23-13-16-21-8-4-9-22-16)18-15-6-1-2-10-25(15)17(24-18)11-14-5-3-7-20-12-14/h1-10,12H,11,13H2,(H,23,26). The summed E-state index contributed by atoms with van der Waals surface area (Å²) in [5.41, 5.74) is 2.19. The number of nitrogens with zero attached hydrogens (tertiary/aromatic N) is 5. The Hall–Kier alpha value is -3.61. The van der Waals surface area contributed by atoms with Crippen LogP contribution in [0.15, 0.2) is 67.4 Å². The van der Waals surface area contributed by atoms with Crippen LogP contribution in [0.3, 0.4) is 0 Å². The minimum absolute atomic E-state index is 0.251. The molecule has 0 unspecified atom stereocenters. The first kappa shape index (κ1) is 15.9. The molecule has 0 saturated carbocycles. The Kier molecular flexibility index (Phi) is 4.34. The minimum atomic E-state index is -0.251. The van der Waals surface area contributed by atoms with Crippen LogP contribution < -0.4 is 5.32 Å². The first-order chi connectivity index (χ1) is 12.8. The van der Waals surface area contributed by atoms with Gasteiger partial charge in [0.2, 0.25) is 0 Å². The van der Waals surface area contributed by atoms with Crippen molar-refractivity contribution in [3.8, 4) is 0 Å². The number of imidazole rings is 1. The van der Waals surface area contributed by atoms with Crippen molar-refractivity contribution in [3.63, 3.8) is 0 Å². The Morgan fingerprint density at radius 2 is 1.92 bits per heavy atom. The molecule has 0 aliphatic rings. The zero-order valence-electron chi connectivity index (χ0n) is 13.9. The summed E-state index contributed by atoms with van der Waals surface area (Å²) in [5.74, 6) is 1.09. The summed E-state index contributed by atoms with van der Waals surface area (Å²) < 4.78 is 1.93. The van der Waals surface area contributed by atoms with Crippen LogP contribution in [0.4, 0.5) is 0 Å². The first-order valence-electron chi connectivity index (χ1n) is 8.20. The number of aromatic nitrogens is 5. The molecular formula is C19H16N6O. The third-order valence-corrected chi connectivity index (χ3v) is 3.95. The van der Waals surface area contributed by atoms with E-state index in [-0.39, 0.29) is 12.5 Å². The average Bonchev–Trinajstić information content (AvgIpc) is 3.06. The number of nitrogens with one attached hydrogen (secondary N) is 1. The summed E-state index contributed by atoms with van der Waals surface area (Å²) in [5, 5.41) is 2.83. The fraction of sp³-hybridized carbons (Fsp3) is 0.105. The molecule has 7 nitrogen and oxygen atoms in total. The summed E-state index contributed by atoms with van der Waals surface area (Å²) in [6, 6.07) is 11.3. The zero-order chi connectivity index (χ0) is 17.8. The van der Waals surface area contributed by atoms with Gasteiger partial charge in [-0.3, -0.25) is 9.78 Å². The number of carbonyl (C=O) groups is 1. The number of amides is 1. The Morgan fingerprint density at radius 3 is 2.73 bits per heavy atom. The summed E-state index contributed by atoms with van der Waals surface area (Å²) in [6.45, 7) is 0.253. The lowest BCUT2D eigenvalue weighted by Gasteiger charge is -2.02. The van der Waals surface area contributed by atoms with Crippen molar-refractivity contribution in [1.82, 2.24) is 29.7 Å². The predicted molar refractivity (Wildman–Crippen MR) is 95.4 cm³/mol. The molecule has 0 spiro atoms. The predicted octanol–water partition coefficient (Wildman–Crippen LogP) is 2.04. The molecule has 4 aromatic heterocycles. The molecule has 4 rings (SSSR count). The van der Waals surface area contributed by atoms with Crippen molar-refractivity contribution in [1.29, 1.82) is 0 Å². The van der Waals surface area contributed by atoms with Crippen LogP contribution in [0.25, 0.3) is 5.52 Å². The Morgan fingerprint density at radius 1 is 1.04 bits per heavy atom. The highest BCUT2D eigenvalue weighted by Crippen LogP contribution is 2.16. The topological polar surface area (TPSA) is 85.1 Å². The normalized spacial score (nSPS) is 10.8. The van der Waals surface area contributed by atoms with Gasteiger partial charge in [-0.2, -0.15) is 0 Å². The summed E-state index contributed by atoms with van der Waals surface area (Å²) in [4.78, 5) is 29.6. The van der Waals surface area contributed by atoms with Crippen molar-refractivity contribution in [3.05, 3.63) is 90.3 Å². The third kappa shape index (κ3) is 3.27. The van der Waals surface area contributed by atoms with E-state index in [1.165, 1.54) is 0 Å². The largest absolute Gasteiger partial charge is 0.343 e. The minimum Gasteiger partial charge on any atom is -0.343 e. The van der Waals surface area contributed by atoms with E-state index in [1.54, 1.807) is 30.9 Å². The summed E-state index contributed by atoms with van der Waals surface area (Å²) >= 11 is 0. The lowest BCUT2D eigenvalue weighted by Crippen LogP contribution is -2.24. The highest BCUT2D eigenvalue weighted by molar-refractivity contribution is 5.99. The molecule has 4 heterocycles. The number of hydrogen-bond donors (Lipinski definition) is 1. The molecule has 0 aliphatic carbocycles. The molecule has 26 heavy (non-hydrogen) atoms. The van der Waals surface area contributed by atoms with Crippen molar-refractivity contribution in [2.24, 2.45) is 0 Å². The number of pyridine rings is 2. The second-order valence-corrected chi connectivity index (χ2v) is 5.72. The maximum absolute atomic E-state index is 12.6. The smallest absolute Gasteiger partial charge is 0.272 e. The van der Waals surface area contributed by atoms with Gasteiger partial charge < -0.3 is 9.72 Å². The molecular weight excluding hydrogens is 328 g/mol. The van der Waals surface area contributed by atoms with E-state index in [0.717, 1.165) is 16.9 Å². The van der Waals surface area contributed by atoms with Crippen LogP contribution >= 0.6 is 0 Å². The molecule has 0 bridgehead atoms. The van der Waals surface area contributed by atoms with Crippen LogP contribution in [0.2, 0.25) is 0 Å². The first-order valence-corrected chi connectivity index (χ1v) is 8.20. The van der Waals surface area contributed by atoms with Gasteiger partial charge in [0, 0.05) is 37.4 Å². The Bertz CT molecular complexity index is 1030. The van der Waals surface area contributed by atoms with Gasteiger partial charge in [0.25, 0.3) is 5.91 Å². The van der Waals surface area contributed by atoms with Crippen molar-refractivity contribution in [2.75, 3.05) is 0 Å². The van der Waals surface area contributed by atoms with Gasteiger partial charge in [-0.15, -0.1) is 0 Å². The average molecular weight is 344 g/mol. The molecule has 0 aliphatic heterocycles. The van der Waals surface area contributed by atoms with Gasteiger partial charge >= 0.3 is 0 Å². The number of rotatable bonds is 5. The molecule has 0 saturated heterocycles. The van der Waals surface area contributed by atoms with Gasteiger partial charge in [0.1, 0.15) is 11.6 Å². The molecule has 7 heteroatoms. The van der Waals surface area contributed by atoms with Gasteiger partial charge in [-0.05, 0) is 29.8 Å². The number of fused-ring (bicyclic) bond motifs is 1. The SMILES string of the molecule is O=C(NCc1ncccn1)c1nc(Cc2cccnc2)n2ccccc12. The Labute approximate surface area is 149 Å². The highest BCUT2D eigenvalue weighted by atomic mass is 16.1. The van der Waals surface area contributed by atoms with E-state index in [0.29, 0.717) is 17.9 Å². The van der Waals surface area contributed by atoms with E-state index in [9.17, 15) is 4.79 Å². The maximum atomic E-state index is 12.6. The van der Waals surface area contributed by atoms with Crippen LogP contribution in [-0.2, 0) is 13.0 Å². The van der Waals surface area contributed by atoms with Gasteiger partial charge in [-0.1, -0.05) is 12.1 Å². The molecule has 4 aromatic rings. The zero-order valence-corrected chi connectivity index (χ0v) is 13.9. The third-order valence-electron chi connectivity index (χ3n) is 3.95. The summed E-state index contributed by atoms with van der Waals surface area (Å²) in [7, 11) is 0. The molecule has 0 aromatic carbocycles. The molecule has 128 valence electrons. The number of carbonyl (C=O) groups excluding carboxylic acids is 1. The fourth-order valence-electron chi connectivity index (χ4n) is 2.74. The van der Waals surface area contributed by atoms with Crippen molar-refractivity contribution >= 4 is 11.4 Å². The van der Waals surface area contributed by atoms with Gasteiger partial charge in [-0.25, -0.2) is 15.0 Å². The van der Waals surface area contributed by atoms with E-state index >= 15 is 0 Å². The van der Waals surface area contributed by atoms with Gasteiger partial charge in [0.15, 0.2) is 5.69 Å². The fourth-order valence-corrected chi connectivity index (χ4v) is 2.74. The number of hydrogen-bond acceptors (Lipinski definition) is 5. The van der Waals surface area contributed by atoms with Crippen LogP contribution in [-0.4, -0.2) is 30.2 Å². The van der Waals surface area contributed by atoms with Crippen molar-refractivity contribution < 1.29 is 4.79 Å².